The van der Waals surface area contributed by atoms with Gasteiger partial charge in [0.25, 0.3) is 11.8 Å². The fraction of sp³-hybridized carbons (Fsp3) is 0.407. The lowest BCUT2D eigenvalue weighted by atomic mass is 9.83. The van der Waals surface area contributed by atoms with E-state index < -0.39 is 29.6 Å². The minimum Gasteiger partial charge on any atom is -0.346 e. The third kappa shape index (κ3) is 6.14. The molecule has 1 N–H and O–H groups in total. The van der Waals surface area contributed by atoms with Crippen molar-refractivity contribution in [2.45, 2.75) is 33.8 Å². The molecule has 186 valence electrons. The Labute approximate surface area is 206 Å². The Morgan fingerprint density at radius 1 is 0.943 bits per heavy atom. The molecule has 1 aliphatic heterocycles. The highest BCUT2D eigenvalue weighted by molar-refractivity contribution is 6.21. The smallest absolute Gasteiger partial charge is 0.261 e. The van der Waals surface area contributed by atoms with Gasteiger partial charge in [-0.1, -0.05) is 56.3 Å². The Morgan fingerprint density at radius 2 is 1.51 bits per heavy atom. The summed E-state index contributed by atoms with van der Waals surface area (Å²) in [6.07, 6.45) is 0.420. The first-order chi connectivity index (χ1) is 16.7. The molecule has 0 saturated carbocycles. The summed E-state index contributed by atoms with van der Waals surface area (Å²) < 4.78 is 0. The molecule has 1 heterocycles. The fourth-order valence-electron chi connectivity index (χ4n) is 4.22. The molecule has 0 fully saturated rings. The van der Waals surface area contributed by atoms with Crippen LogP contribution >= 0.6 is 0 Å². The van der Waals surface area contributed by atoms with Crippen molar-refractivity contribution in [2.24, 2.45) is 17.8 Å². The Hall–Kier alpha value is -3.52. The van der Waals surface area contributed by atoms with Crippen molar-refractivity contribution in [3.8, 4) is 0 Å². The monoisotopic (exact) mass is 479 g/mol. The molecule has 0 bridgehead atoms. The number of hydrogen-bond donors (Lipinski definition) is 1. The van der Waals surface area contributed by atoms with Crippen molar-refractivity contribution in [2.75, 3.05) is 20.1 Å². The van der Waals surface area contributed by atoms with Gasteiger partial charge in [0.2, 0.25) is 11.8 Å². The highest BCUT2D eigenvalue weighted by Crippen LogP contribution is 2.29. The Balaban J connectivity index is 1.86. The maximum Gasteiger partial charge on any atom is 0.261 e. The first-order valence-corrected chi connectivity index (χ1v) is 11.9. The topological polar surface area (TPSA) is 96.0 Å². The zero-order chi connectivity index (χ0) is 25.5. The van der Waals surface area contributed by atoms with Gasteiger partial charge in [0, 0.05) is 20.1 Å². The number of hydrogen-bond acceptors (Lipinski definition) is 5. The molecule has 1 unspecified atom stereocenters. The number of rotatable bonds is 11. The van der Waals surface area contributed by atoms with Gasteiger partial charge in [0.15, 0.2) is 0 Å². The lowest BCUT2D eigenvalue weighted by molar-refractivity contribution is -0.148. The largest absolute Gasteiger partial charge is 0.346 e. The van der Waals surface area contributed by atoms with Crippen LogP contribution in [0.2, 0.25) is 0 Å². The molecule has 0 aromatic heterocycles. The molecular weight excluding hydrogens is 446 g/mol. The molecule has 8 nitrogen and oxygen atoms in total. The summed E-state index contributed by atoms with van der Waals surface area (Å²) in [5.74, 6) is -3.28. The highest BCUT2D eigenvalue weighted by atomic mass is 16.6. The van der Waals surface area contributed by atoms with E-state index in [1.54, 1.807) is 36.2 Å². The summed E-state index contributed by atoms with van der Waals surface area (Å²) in [7, 11) is 1.68. The van der Waals surface area contributed by atoms with Gasteiger partial charge in [-0.15, -0.1) is 0 Å². The molecule has 0 aliphatic carbocycles. The zero-order valence-electron chi connectivity index (χ0n) is 20.7. The molecule has 2 atom stereocenters. The van der Waals surface area contributed by atoms with Crippen LogP contribution in [0.25, 0.3) is 0 Å². The van der Waals surface area contributed by atoms with E-state index in [1.807, 2.05) is 51.1 Å². The number of benzene rings is 2. The van der Waals surface area contributed by atoms with Gasteiger partial charge in [-0.05, 0) is 37.0 Å². The first-order valence-electron chi connectivity index (χ1n) is 11.9. The van der Waals surface area contributed by atoms with Gasteiger partial charge in [-0.25, -0.2) is 5.48 Å². The van der Waals surface area contributed by atoms with Crippen molar-refractivity contribution >= 4 is 23.6 Å². The van der Waals surface area contributed by atoms with E-state index in [0.29, 0.717) is 24.1 Å². The third-order valence-corrected chi connectivity index (χ3v) is 6.23. The van der Waals surface area contributed by atoms with Crippen LogP contribution in [-0.4, -0.2) is 53.6 Å². The Morgan fingerprint density at radius 3 is 2.06 bits per heavy atom. The molecule has 2 aromatic rings. The van der Waals surface area contributed by atoms with Crippen LogP contribution in [0.5, 0.6) is 0 Å². The fourth-order valence-corrected chi connectivity index (χ4v) is 4.22. The molecular formula is C27H33N3O5. The average molecular weight is 480 g/mol. The van der Waals surface area contributed by atoms with Gasteiger partial charge < -0.3 is 4.90 Å². The molecule has 35 heavy (non-hydrogen) atoms. The van der Waals surface area contributed by atoms with E-state index >= 15 is 0 Å². The van der Waals surface area contributed by atoms with E-state index in [0.717, 1.165) is 10.5 Å². The van der Waals surface area contributed by atoms with Gasteiger partial charge in [0.05, 0.1) is 29.6 Å². The number of carbonyl (C=O) groups is 4. The molecule has 4 amide bonds. The summed E-state index contributed by atoms with van der Waals surface area (Å²) in [4.78, 5) is 60.8. The van der Waals surface area contributed by atoms with Crippen LogP contribution in [0.3, 0.4) is 0 Å². The van der Waals surface area contributed by atoms with E-state index in [-0.39, 0.29) is 25.0 Å². The second kappa shape index (κ2) is 11.8. The predicted molar refractivity (Wildman–Crippen MR) is 131 cm³/mol. The Kier molecular flexibility index (Phi) is 8.76. The molecule has 0 spiro atoms. The van der Waals surface area contributed by atoms with Gasteiger partial charge >= 0.3 is 0 Å². The van der Waals surface area contributed by atoms with Crippen LogP contribution < -0.4 is 5.48 Å². The van der Waals surface area contributed by atoms with Gasteiger partial charge in [-0.2, -0.15) is 0 Å². The van der Waals surface area contributed by atoms with Crippen LogP contribution in [0.1, 0.15) is 53.5 Å². The highest BCUT2D eigenvalue weighted by Gasteiger charge is 2.42. The Bertz CT molecular complexity index is 1030. The van der Waals surface area contributed by atoms with Crippen molar-refractivity contribution in [1.29, 1.82) is 0 Å². The van der Waals surface area contributed by atoms with E-state index in [9.17, 15) is 19.2 Å². The quantitative estimate of drug-likeness (QED) is 0.394. The summed E-state index contributed by atoms with van der Waals surface area (Å²) in [5.41, 5.74) is 3.93. The number of imide groups is 1. The third-order valence-electron chi connectivity index (χ3n) is 6.23. The van der Waals surface area contributed by atoms with Crippen molar-refractivity contribution in [3.05, 3.63) is 71.3 Å². The van der Waals surface area contributed by atoms with Crippen molar-refractivity contribution < 1.29 is 24.0 Å². The standard InChI is InChI=1S/C27H33N3O5/c1-5-29(4)25(32)22(15-18(2)3)23(24(31)28-35-17-19-11-7-6-8-12-19)16-30-26(33)20-13-9-10-14-21(20)27(30)34/h6-14,18,22-23H,5,15-17H2,1-4H3,(H,28,31)/t22-,23?/m1/s1. The lowest BCUT2D eigenvalue weighted by Gasteiger charge is -2.31. The minimum absolute atomic E-state index is 0.108. The average Bonchev–Trinajstić information content (AvgIpc) is 3.10. The molecule has 0 radical (unpaired) electrons. The van der Waals surface area contributed by atoms with E-state index in [1.165, 1.54) is 0 Å². The van der Waals surface area contributed by atoms with Gasteiger partial charge in [0.1, 0.15) is 0 Å². The van der Waals surface area contributed by atoms with Crippen LogP contribution in [0.15, 0.2) is 54.6 Å². The van der Waals surface area contributed by atoms with Crippen LogP contribution in [0, 0.1) is 17.8 Å². The molecule has 2 aromatic carbocycles. The minimum atomic E-state index is -0.975. The number of nitrogens with one attached hydrogen (secondary N) is 1. The number of hydroxylamine groups is 1. The summed E-state index contributed by atoms with van der Waals surface area (Å²) >= 11 is 0. The van der Waals surface area contributed by atoms with Crippen LogP contribution in [0.4, 0.5) is 0 Å². The van der Waals surface area contributed by atoms with Crippen molar-refractivity contribution in [1.82, 2.24) is 15.3 Å². The second-order valence-electron chi connectivity index (χ2n) is 9.20. The predicted octanol–water partition coefficient (Wildman–Crippen LogP) is 3.29. The first kappa shape index (κ1) is 26.1. The molecule has 8 heteroatoms. The molecule has 3 rings (SSSR count). The zero-order valence-corrected chi connectivity index (χ0v) is 20.7. The van der Waals surface area contributed by atoms with E-state index in [4.69, 9.17) is 4.84 Å². The van der Waals surface area contributed by atoms with Crippen LogP contribution in [-0.2, 0) is 21.0 Å². The summed E-state index contributed by atoms with van der Waals surface area (Å²) in [6, 6.07) is 15.9. The normalized spacial score (nSPS) is 14.6. The summed E-state index contributed by atoms with van der Waals surface area (Å²) in [5, 5.41) is 0. The number of fused-ring (bicyclic) bond motifs is 1. The SMILES string of the molecule is CCN(C)C(=O)[C@H](CC(C)C)C(CN1C(=O)c2ccccc2C1=O)C(=O)NOCc1ccccc1. The van der Waals surface area contributed by atoms with Crippen molar-refractivity contribution in [3.63, 3.8) is 0 Å². The number of amides is 4. The maximum atomic E-state index is 13.4. The van der Waals surface area contributed by atoms with Gasteiger partial charge in [-0.3, -0.25) is 28.9 Å². The lowest BCUT2D eigenvalue weighted by Crippen LogP contribution is -2.49. The maximum absolute atomic E-state index is 13.4. The second-order valence-corrected chi connectivity index (χ2v) is 9.20. The molecule has 0 saturated heterocycles. The number of nitrogens with zero attached hydrogens (tertiary/aromatic N) is 2. The number of carbonyl (C=O) groups excluding carboxylic acids is 4. The van der Waals surface area contributed by atoms with E-state index in [2.05, 4.69) is 5.48 Å². The summed E-state index contributed by atoms with van der Waals surface area (Å²) in [6.45, 7) is 6.19. The molecule has 1 aliphatic rings.